The summed E-state index contributed by atoms with van der Waals surface area (Å²) in [5, 5.41) is 11.6. The standard InChI is InChI=1S/C13H21N5O/c1-4-10(2)18-8-6-12(16-18)9-14-7-5-13-15-11(3)17-19-13/h6,8,10,14H,4-5,7,9H2,1-3H3. The van der Waals surface area contributed by atoms with E-state index in [2.05, 4.69) is 40.5 Å². The van der Waals surface area contributed by atoms with E-state index >= 15 is 0 Å². The number of hydrogen-bond donors (Lipinski definition) is 1. The van der Waals surface area contributed by atoms with Gasteiger partial charge in [-0.25, -0.2) is 0 Å². The second-order valence-corrected chi connectivity index (χ2v) is 4.71. The van der Waals surface area contributed by atoms with Crippen molar-refractivity contribution in [2.45, 2.75) is 46.2 Å². The van der Waals surface area contributed by atoms with Crippen molar-refractivity contribution in [1.82, 2.24) is 25.2 Å². The summed E-state index contributed by atoms with van der Waals surface area (Å²) >= 11 is 0. The van der Waals surface area contributed by atoms with Gasteiger partial charge in [-0.1, -0.05) is 12.1 Å². The molecule has 19 heavy (non-hydrogen) atoms. The lowest BCUT2D eigenvalue weighted by molar-refractivity contribution is 0.372. The monoisotopic (exact) mass is 263 g/mol. The van der Waals surface area contributed by atoms with Crippen molar-refractivity contribution >= 4 is 0 Å². The van der Waals surface area contributed by atoms with Gasteiger partial charge in [-0.2, -0.15) is 10.1 Å². The molecule has 0 saturated carbocycles. The molecule has 0 aromatic carbocycles. The van der Waals surface area contributed by atoms with Crippen molar-refractivity contribution in [2.24, 2.45) is 0 Å². The Balaban J connectivity index is 1.72. The van der Waals surface area contributed by atoms with Crippen LogP contribution in [0.15, 0.2) is 16.8 Å². The van der Waals surface area contributed by atoms with E-state index in [0.717, 1.165) is 31.6 Å². The van der Waals surface area contributed by atoms with E-state index in [1.807, 2.05) is 17.8 Å². The molecular weight excluding hydrogens is 242 g/mol. The van der Waals surface area contributed by atoms with E-state index in [-0.39, 0.29) is 0 Å². The van der Waals surface area contributed by atoms with E-state index in [1.54, 1.807) is 0 Å². The highest BCUT2D eigenvalue weighted by molar-refractivity contribution is 4.99. The molecule has 0 fully saturated rings. The molecule has 0 radical (unpaired) electrons. The van der Waals surface area contributed by atoms with Crippen LogP contribution in [0.1, 0.15) is 43.7 Å². The third kappa shape index (κ3) is 3.89. The zero-order valence-electron chi connectivity index (χ0n) is 11.8. The first-order valence-corrected chi connectivity index (χ1v) is 6.73. The number of nitrogens with one attached hydrogen (secondary N) is 1. The van der Waals surface area contributed by atoms with Crippen LogP contribution >= 0.6 is 0 Å². The molecule has 6 heteroatoms. The third-order valence-corrected chi connectivity index (χ3v) is 3.10. The van der Waals surface area contributed by atoms with E-state index in [0.29, 0.717) is 17.8 Å². The maximum atomic E-state index is 5.05. The molecule has 0 saturated heterocycles. The fourth-order valence-electron chi connectivity index (χ4n) is 1.76. The van der Waals surface area contributed by atoms with Crippen molar-refractivity contribution in [2.75, 3.05) is 6.54 Å². The summed E-state index contributed by atoms with van der Waals surface area (Å²) in [6.45, 7) is 7.72. The molecule has 0 aliphatic rings. The predicted octanol–water partition coefficient (Wildman–Crippen LogP) is 1.88. The summed E-state index contributed by atoms with van der Waals surface area (Å²) in [4.78, 5) is 4.16. The Bertz CT molecular complexity index is 505. The van der Waals surface area contributed by atoms with Crippen LogP contribution in [-0.4, -0.2) is 26.5 Å². The van der Waals surface area contributed by atoms with Crippen molar-refractivity contribution in [3.05, 3.63) is 29.7 Å². The van der Waals surface area contributed by atoms with Gasteiger partial charge in [0.15, 0.2) is 5.82 Å². The SMILES string of the molecule is CCC(C)n1ccc(CNCCc2nc(C)no2)n1. The van der Waals surface area contributed by atoms with Crippen LogP contribution in [0.5, 0.6) is 0 Å². The fourth-order valence-corrected chi connectivity index (χ4v) is 1.76. The summed E-state index contributed by atoms with van der Waals surface area (Å²) in [7, 11) is 0. The maximum absolute atomic E-state index is 5.05. The number of rotatable bonds is 7. The molecule has 0 amide bonds. The van der Waals surface area contributed by atoms with Crippen LogP contribution in [0.2, 0.25) is 0 Å². The topological polar surface area (TPSA) is 68.8 Å². The summed E-state index contributed by atoms with van der Waals surface area (Å²) in [6, 6.07) is 2.51. The van der Waals surface area contributed by atoms with Gasteiger partial charge >= 0.3 is 0 Å². The van der Waals surface area contributed by atoms with Crippen LogP contribution in [-0.2, 0) is 13.0 Å². The molecule has 2 rings (SSSR count). The second-order valence-electron chi connectivity index (χ2n) is 4.71. The molecule has 104 valence electrons. The van der Waals surface area contributed by atoms with Gasteiger partial charge in [0.1, 0.15) is 0 Å². The van der Waals surface area contributed by atoms with Crippen LogP contribution in [0.4, 0.5) is 0 Å². The molecule has 6 nitrogen and oxygen atoms in total. The van der Waals surface area contributed by atoms with Crippen molar-refractivity contribution < 1.29 is 4.52 Å². The quantitative estimate of drug-likeness (QED) is 0.772. The van der Waals surface area contributed by atoms with Gasteiger partial charge in [0.05, 0.1) is 5.69 Å². The third-order valence-electron chi connectivity index (χ3n) is 3.10. The molecule has 2 heterocycles. The van der Waals surface area contributed by atoms with Gasteiger partial charge < -0.3 is 9.84 Å². The molecule has 0 bridgehead atoms. The summed E-state index contributed by atoms with van der Waals surface area (Å²) in [6.07, 6.45) is 3.87. The Hall–Kier alpha value is -1.69. The first-order valence-electron chi connectivity index (χ1n) is 6.73. The maximum Gasteiger partial charge on any atom is 0.227 e. The summed E-state index contributed by atoms with van der Waals surface area (Å²) in [5.41, 5.74) is 1.06. The molecule has 1 N–H and O–H groups in total. The number of aryl methyl sites for hydroxylation is 1. The van der Waals surface area contributed by atoms with Crippen molar-refractivity contribution in [3.63, 3.8) is 0 Å². The Kier molecular flexibility index (Phi) is 4.68. The molecule has 0 aliphatic heterocycles. The van der Waals surface area contributed by atoms with E-state index in [4.69, 9.17) is 4.52 Å². The second kappa shape index (κ2) is 6.47. The summed E-state index contributed by atoms with van der Waals surface area (Å²) < 4.78 is 7.06. The van der Waals surface area contributed by atoms with Gasteiger partial charge in [0.2, 0.25) is 5.89 Å². The van der Waals surface area contributed by atoms with Gasteiger partial charge in [-0.15, -0.1) is 0 Å². The van der Waals surface area contributed by atoms with E-state index < -0.39 is 0 Å². The first kappa shape index (κ1) is 13.7. The zero-order chi connectivity index (χ0) is 13.7. The smallest absolute Gasteiger partial charge is 0.227 e. The Morgan fingerprint density at radius 3 is 3.00 bits per heavy atom. The van der Waals surface area contributed by atoms with Crippen LogP contribution in [0, 0.1) is 6.92 Å². The van der Waals surface area contributed by atoms with Gasteiger partial charge in [0.25, 0.3) is 0 Å². The van der Waals surface area contributed by atoms with Crippen LogP contribution in [0.25, 0.3) is 0 Å². The van der Waals surface area contributed by atoms with E-state index in [9.17, 15) is 0 Å². The van der Waals surface area contributed by atoms with Crippen molar-refractivity contribution in [1.29, 1.82) is 0 Å². The molecular formula is C13H21N5O. The Morgan fingerprint density at radius 2 is 2.32 bits per heavy atom. The number of aromatic nitrogens is 4. The average Bonchev–Trinajstić information content (AvgIpc) is 3.03. The molecule has 0 aliphatic carbocycles. The normalized spacial score (nSPS) is 12.8. The van der Waals surface area contributed by atoms with Gasteiger partial charge in [-0.05, 0) is 26.3 Å². The lowest BCUT2D eigenvalue weighted by Gasteiger charge is -2.08. The average molecular weight is 263 g/mol. The van der Waals surface area contributed by atoms with Crippen molar-refractivity contribution in [3.8, 4) is 0 Å². The Morgan fingerprint density at radius 1 is 1.47 bits per heavy atom. The van der Waals surface area contributed by atoms with Gasteiger partial charge in [-0.3, -0.25) is 4.68 Å². The lowest BCUT2D eigenvalue weighted by atomic mass is 10.3. The predicted molar refractivity (Wildman–Crippen MR) is 71.7 cm³/mol. The summed E-state index contributed by atoms with van der Waals surface area (Å²) in [5.74, 6) is 1.36. The fraction of sp³-hybridized carbons (Fsp3) is 0.615. The minimum atomic E-state index is 0.454. The molecule has 0 spiro atoms. The zero-order valence-corrected chi connectivity index (χ0v) is 11.8. The number of nitrogens with zero attached hydrogens (tertiary/aromatic N) is 4. The van der Waals surface area contributed by atoms with Gasteiger partial charge in [0, 0.05) is 31.7 Å². The minimum Gasteiger partial charge on any atom is -0.339 e. The molecule has 1 unspecified atom stereocenters. The number of hydrogen-bond acceptors (Lipinski definition) is 5. The highest BCUT2D eigenvalue weighted by atomic mass is 16.5. The van der Waals surface area contributed by atoms with Crippen LogP contribution in [0.3, 0.4) is 0 Å². The molecule has 2 aromatic heterocycles. The first-order chi connectivity index (χ1) is 9.19. The molecule has 1 atom stereocenters. The van der Waals surface area contributed by atoms with Crippen LogP contribution < -0.4 is 5.32 Å². The molecule has 2 aromatic rings. The minimum absolute atomic E-state index is 0.454. The van der Waals surface area contributed by atoms with E-state index in [1.165, 1.54) is 0 Å². The highest BCUT2D eigenvalue weighted by Crippen LogP contribution is 2.08. The largest absolute Gasteiger partial charge is 0.339 e. The Labute approximate surface area is 113 Å². The lowest BCUT2D eigenvalue weighted by Crippen LogP contribution is -2.17. The highest BCUT2D eigenvalue weighted by Gasteiger charge is 2.05.